The predicted octanol–water partition coefficient (Wildman–Crippen LogP) is -1.80. The largest absolute Gasteiger partial charge is 0.391 e. The van der Waals surface area contributed by atoms with Gasteiger partial charge >= 0.3 is 0 Å². The van der Waals surface area contributed by atoms with Crippen molar-refractivity contribution in [2.24, 2.45) is 11.7 Å². The van der Waals surface area contributed by atoms with Crippen LogP contribution in [0.4, 0.5) is 0 Å². The summed E-state index contributed by atoms with van der Waals surface area (Å²) in [5, 5.41) is 11.8. The summed E-state index contributed by atoms with van der Waals surface area (Å²) in [5.41, 5.74) is 4.30. The van der Waals surface area contributed by atoms with Gasteiger partial charge < -0.3 is 26.0 Å². The molecule has 2 aliphatic heterocycles. The van der Waals surface area contributed by atoms with Crippen LogP contribution in [0.1, 0.15) is 33.6 Å². The third-order valence-corrected chi connectivity index (χ3v) is 4.83. The summed E-state index contributed by atoms with van der Waals surface area (Å²) in [5.74, 6) is -1.92. The van der Waals surface area contributed by atoms with Crippen molar-refractivity contribution in [1.82, 2.24) is 15.1 Å². The first-order valence-corrected chi connectivity index (χ1v) is 8.47. The van der Waals surface area contributed by atoms with E-state index in [2.05, 4.69) is 5.32 Å². The molecular formula is C16H26N4O5. The maximum Gasteiger partial charge on any atom is 0.250 e. The number of aliphatic hydroxyl groups excluding tert-OH is 1. The number of hydrogen-bond acceptors (Lipinski definition) is 5. The van der Waals surface area contributed by atoms with Crippen LogP contribution in [0.25, 0.3) is 0 Å². The Morgan fingerprint density at radius 3 is 2.44 bits per heavy atom. The Kier molecular flexibility index (Phi) is 5.36. The Hall–Kier alpha value is -2.16. The van der Waals surface area contributed by atoms with E-state index in [4.69, 9.17) is 5.73 Å². The second-order valence-corrected chi connectivity index (χ2v) is 7.13. The molecule has 2 fully saturated rings. The highest BCUT2D eigenvalue weighted by atomic mass is 16.3. The number of amides is 4. The first-order valence-electron chi connectivity index (χ1n) is 8.47. The Bertz CT molecular complexity index is 591. The molecule has 2 heterocycles. The second kappa shape index (κ2) is 6.99. The number of hydrogen-bond donors (Lipinski definition) is 3. The Labute approximate surface area is 146 Å². The van der Waals surface area contributed by atoms with E-state index >= 15 is 0 Å². The zero-order valence-corrected chi connectivity index (χ0v) is 14.8. The molecule has 2 rings (SSSR count). The highest BCUT2D eigenvalue weighted by molar-refractivity contribution is 6.00. The number of carbonyl (C=O) groups excluding carboxylic acids is 4. The normalized spacial score (nSPS) is 25.1. The van der Waals surface area contributed by atoms with E-state index in [1.807, 2.05) is 0 Å². The van der Waals surface area contributed by atoms with Gasteiger partial charge in [-0.1, -0.05) is 13.8 Å². The van der Waals surface area contributed by atoms with Crippen LogP contribution in [0.5, 0.6) is 0 Å². The lowest BCUT2D eigenvalue weighted by Crippen LogP contribution is -2.74. The molecule has 0 aromatic carbocycles. The number of nitrogens with zero attached hydrogens (tertiary/aromatic N) is 2. The summed E-state index contributed by atoms with van der Waals surface area (Å²) < 4.78 is 0. The number of nitrogens with two attached hydrogens (primary N) is 1. The molecule has 0 aromatic heterocycles. The number of aliphatic hydroxyl groups is 1. The molecule has 25 heavy (non-hydrogen) atoms. The number of likely N-dealkylation sites (tertiary alicyclic amines) is 2. The lowest BCUT2D eigenvalue weighted by molar-refractivity contribution is -0.169. The molecule has 0 aromatic rings. The van der Waals surface area contributed by atoms with Crippen molar-refractivity contribution >= 4 is 23.6 Å². The van der Waals surface area contributed by atoms with Crippen LogP contribution in [-0.4, -0.2) is 75.9 Å². The van der Waals surface area contributed by atoms with Gasteiger partial charge in [0.25, 0.3) is 5.91 Å². The minimum Gasteiger partial charge on any atom is -0.391 e. The topological polar surface area (TPSA) is 133 Å². The number of rotatable bonds is 6. The number of β-lactam (4-membered cyclic amide) rings is 1. The van der Waals surface area contributed by atoms with Gasteiger partial charge in [-0.15, -0.1) is 0 Å². The fourth-order valence-electron chi connectivity index (χ4n) is 3.51. The van der Waals surface area contributed by atoms with E-state index in [1.54, 1.807) is 18.7 Å². The van der Waals surface area contributed by atoms with Crippen LogP contribution < -0.4 is 11.1 Å². The van der Waals surface area contributed by atoms with Gasteiger partial charge in [0.15, 0.2) is 0 Å². The van der Waals surface area contributed by atoms with Crippen LogP contribution in [0.2, 0.25) is 0 Å². The minimum atomic E-state index is -1.21. The molecule has 4 amide bonds. The quantitative estimate of drug-likeness (QED) is 0.484. The molecule has 0 saturated carbocycles. The van der Waals surface area contributed by atoms with Gasteiger partial charge in [0.1, 0.15) is 11.6 Å². The first-order chi connectivity index (χ1) is 11.6. The number of primary amides is 1. The van der Waals surface area contributed by atoms with E-state index in [-0.39, 0.29) is 24.3 Å². The van der Waals surface area contributed by atoms with E-state index in [9.17, 15) is 24.3 Å². The smallest absolute Gasteiger partial charge is 0.250 e. The third-order valence-electron chi connectivity index (χ3n) is 4.83. The summed E-state index contributed by atoms with van der Waals surface area (Å²) in [4.78, 5) is 51.2. The van der Waals surface area contributed by atoms with Gasteiger partial charge in [-0.3, -0.25) is 19.2 Å². The van der Waals surface area contributed by atoms with E-state index < -0.39 is 29.5 Å². The summed E-state index contributed by atoms with van der Waals surface area (Å²) >= 11 is 0. The Morgan fingerprint density at radius 2 is 1.96 bits per heavy atom. The molecule has 2 aliphatic rings. The average Bonchev–Trinajstić information content (AvgIpc) is 2.96. The van der Waals surface area contributed by atoms with Crippen LogP contribution in [0, 0.1) is 5.92 Å². The summed E-state index contributed by atoms with van der Waals surface area (Å²) in [6.45, 7) is 5.54. The second-order valence-electron chi connectivity index (χ2n) is 7.13. The molecule has 3 atom stereocenters. The van der Waals surface area contributed by atoms with Gasteiger partial charge in [0, 0.05) is 12.5 Å². The monoisotopic (exact) mass is 354 g/mol. The average molecular weight is 354 g/mol. The van der Waals surface area contributed by atoms with Gasteiger partial charge in [-0.2, -0.15) is 0 Å². The Balaban J connectivity index is 1.97. The lowest BCUT2D eigenvalue weighted by atomic mass is 9.85. The molecule has 4 N–H and O–H groups in total. The van der Waals surface area contributed by atoms with Gasteiger partial charge in [0.2, 0.25) is 17.7 Å². The van der Waals surface area contributed by atoms with E-state index in [0.29, 0.717) is 19.5 Å². The standard InChI is InChI=1S/C16H26N4O5/c1-9(2)14(24)20-6-4-5-16(20)8-19(15(16)25)7-11(22)18-12(10(3)21)13(17)23/h9-10,12,21H,4-8H2,1-3H3,(H2,17,23)(H,18,22)/t10-,12+,16?/m1/s1. The molecule has 1 spiro atoms. The van der Waals surface area contributed by atoms with E-state index in [0.717, 1.165) is 6.42 Å². The maximum atomic E-state index is 12.6. The van der Waals surface area contributed by atoms with E-state index in [1.165, 1.54) is 11.8 Å². The molecule has 9 nitrogen and oxygen atoms in total. The van der Waals surface area contributed by atoms with Crippen LogP contribution >= 0.6 is 0 Å². The van der Waals surface area contributed by atoms with Crippen molar-refractivity contribution < 1.29 is 24.3 Å². The van der Waals surface area contributed by atoms with Gasteiger partial charge in [-0.25, -0.2) is 0 Å². The SMILES string of the molecule is CC(C)C(=O)N1CCCC12CN(CC(=O)N[C@H](C(N)=O)[C@@H](C)O)C2=O. The molecule has 0 aliphatic carbocycles. The molecular weight excluding hydrogens is 328 g/mol. The highest BCUT2D eigenvalue weighted by Crippen LogP contribution is 2.39. The molecule has 1 unspecified atom stereocenters. The number of carbonyl (C=O) groups is 4. The summed E-state index contributed by atoms with van der Waals surface area (Å²) in [6.07, 6.45) is 0.226. The fraction of sp³-hybridized carbons (Fsp3) is 0.750. The summed E-state index contributed by atoms with van der Waals surface area (Å²) in [6, 6.07) is -1.21. The van der Waals surface area contributed by atoms with Crippen molar-refractivity contribution in [3.8, 4) is 0 Å². The number of nitrogens with one attached hydrogen (secondary N) is 1. The molecule has 140 valence electrons. The first kappa shape index (κ1) is 19.2. The zero-order chi connectivity index (χ0) is 18.9. The van der Waals surface area contributed by atoms with Crippen LogP contribution in [0.15, 0.2) is 0 Å². The van der Waals surface area contributed by atoms with Crippen molar-refractivity contribution in [2.75, 3.05) is 19.6 Å². The minimum absolute atomic E-state index is 0.0575. The van der Waals surface area contributed by atoms with Gasteiger partial charge in [-0.05, 0) is 19.8 Å². The molecule has 2 saturated heterocycles. The molecule has 9 heteroatoms. The van der Waals surface area contributed by atoms with Gasteiger partial charge in [0.05, 0.1) is 19.2 Å². The fourth-order valence-corrected chi connectivity index (χ4v) is 3.51. The lowest BCUT2D eigenvalue weighted by Gasteiger charge is -2.51. The van der Waals surface area contributed by atoms with Crippen molar-refractivity contribution in [2.45, 2.75) is 51.3 Å². The summed E-state index contributed by atoms with van der Waals surface area (Å²) in [7, 11) is 0. The third kappa shape index (κ3) is 3.46. The Morgan fingerprint density at radius 1 is 1.32 bits per heavy atom. The maximum absolute atomic E-state index is 12.6. The van der Waals surface area contributed by atoms with Crippen molar-refractivity contribution in [3.63, 3.8) is 0 Å². The molecule has 0 radical (unpaired) electrons. The zero-order valence-electron chi connectivity index (χ0n) is 14.8. The van der Waals surface area contributed by atoms with Crippen LogP contribution in [-0.2, 0) is 19.2 Å². The predicted molar refractivity (Wildman–Crippen MR) is 87.9 cm³/mol. The van der Waals surface area contributed by atoms with Crippen molar-refractivity contribution in [3.05, 3.63) is 0 Å². The highest BCUT2D eigenvalue weighted by Gasteiger charge is 2.59. The van der Waals surface area contributed by atoms with Crippen LogP contribution in [0.3, 0.4) is 0 Å². The van der Waals surface area contributed by atoms with Crippen molar-refractivity contribution in [1.29, 1.82) is 0 Å². The molecule has 0 bridgehead atoms.